The molecule has 0 radical (unpaired) electrons. The molecule has 3 nitrogen and oxygen atoms in total. The van der Waals surface area contributed by atoms with Crippen LogP contribution in [0.15, 0.2) is 12.1 Å². The first-order valence-corrected chi connectivity index (χ1v) is 5.34. The van der Waals surface area contributed by atoms with Gasteiger partial charge in [-0.2, -0.15) is 0 Å². The van der Waals surface area contributed by atoms with Crippen molar-refractivity contribution >= 4 is 34.8 Å². The topological polar surface area (TPSA) is 55.1 Å². The van der Waals surface area contributed by atoms with E-state index in [9.17, 15) is 4.79 Å². The largest absolute Gasteiger partial charge is 0.398 e. The third kappa shape index (κ3) is 3.01. The van der Waals surface area contributed by atoms with E-state index in [0.29, 0.717) is 17.3 Å². The molecule has 1 aromatic carbocycles. The number of nitrogen functional groups attached to an aromatic ring is 1. The Bertz CT molecular complexity index is 357. The van der Waals surface area contributed by atoms with Crippen molar-refractivity contribution in [1.29, 1.82) is 0 Å². The highest BCUT2D eigenvalue weighted by molar-refractivity contribution is 6.37. The van der Waals surface area contributed by atoms with Crippen LogP contribution < -0.4 is 11.1 Å². The summed E-state index contributed by atoms with van der Waals surface area (Å²) in [4.78, 5) is 11.6. The first kappa shape index (κ1) is 12.1. The molecule has 0 saturated carbocycles. The molecule has 0 aliphatic rings. The molecule has 1 amide bonds. The lowest BCUT2D eigenvalue weighted by atomic mass is 10.1. The van der Waals surface area contributed by atoms with E-state index in [4.69, 9.17) is 28.9 Å². The third-order valence-corrected chi connectivity index (χ3v) is 2.36. The maximum Gasteiger partial charge on any atom is 0.254 e. The van der Waals surface area contributed by atoms with Gasteiger partial charge in [-0.1, -0.05) is 30.1 Å². The zero-order valence-corrected chi connectivity index (χ0v) is 9.82. The highest BCUT2D eigenvalue weighted by Gasteiger charge is 2.14. The first-order valence-electron chi connectivity index (χ1n) is 4.59. The highest BCUT2D eigenvalue weighted by Crippen LogP contribution is 2.26. The monoisotopic (exact) mass is 246 g/mol. The number of rotatable bonds is 3. The van der Waals surface area contributed by atoms with Crippen LogP contribution in [0.1, 0.15) is 23.7 Å². The van der Waals surface area contributed by atoms with Crippen molar-refractivity contribution in [2.24, 2.45) is 0 Å². The Balaban J connectivity index is 2.98. The van der Waals surface area contributed by atoms with Gasteiger partial charge in [-0.15, -0.1) is 0 Å². The van der Waals surface area contributed by atoms with E-state index >= 15 is 0 Å². The minimum absolute atomic E-state index is 0.268. The molecular weight excluding hydrogens is 235 g/mol. The van der Waals surface area contributed by atoms with Crippen LogP contribution in [-0.2, 0) is 0 Å². The molecule has 0 fully saturated rings. The number of benzene rings is 1. The molecule has 0 aromatic heterocycles. The molecule has 0 saturated heterocycles. The molecule has 1 aromatic rings. The number of carbonyl (C=O) groups excluding carboxylic acids is 1. The number of anilines is 1. The normalized spacial score (nSPS) is 10.1. The zero-order valence-electron chi connectivity index (χ0n) is 8.31. The molecule has 0 unspecified atom stereocenters. The summed E-state index contributed by atoms with van der Waals surface area (Å²) in [7, 11) is 0. The quantitative estimate of drug-likeness (QED) is 0.807. The van der Waals surface area contributed by atoms with Crippen molar-refractivity contribution in [3.8, 4) is 0 Å². The maximum absolute atomic E-state index is 11.6. The van der Waals surface area contributed by atoms with Crippen LogP contribution in [0.3, 0.4) is 0 Å². The molecular formula is C10H12Cl2N2O. The van der Waals surface area contributed by atoms with Crippen molar-refractivity contribution in [1.82, 2.24) is 5.32 Å². The lowest BCUT2D eigenvalue weighted by molar-refractivity contribution is 0.0954. The van der Waals surface area contributed by atoms with Gasteiger partial charge in [0.2, 0.25) is 0 Å². The van der Waals surface area contributed by atoms with Gasteiger partial charge < -0.3 is 11.1 Å². The van der Waals surface area contributed by atoms with E-state index in [1.807, 2.05) is 6.92 Å². The Morgan fingerprint density at radius 3 is 2.67 bits per heavy atom. The second-order valence-electron chi connectivity index (χ2n) is 3.11. The highest BCUT2D eigenvalue weighted by atomic mass is 35.5. The molecule has 5 heteroatoms. The second-order valence-corrected chi connectivity index (χ2v) is 3.95. The minimum Gasteiger partial charge on any atom is -0.398 e. The molecule has 0 heterocycles. The first-order chi connectivity index (χ1) is 7.06. The molecule has 3 N–H and O–H groups in total. The van der Waals surface area contributed by atoms with E-state index in [1.165, 1.54) is 12.1 Å². The molecule has 0 spiro atoms. The second kappa shape index (κ2) is 5.24. The van der Waals surface area contributed by atoms with Crippen molar-refractivity contribution in [2.45, 2.75) is 13.3 Å². The van der Waals surface area contributed by atoms with Crippen LogP contribution >= 0.6 is 23.2 Å². The van der Waals surface area contributed by atoms with Crippen LogP contribution in [0.4, 0.5) is 5.69 Å². The van der Waals surface area contributed by atoms with Crippen molar-refractivity contribution in [2.75, 3.05) is 12.3 Å². The fourth-order valence-electron chi connectivity index (χ4n) is 1.16. The summed E-state index contributed by atoms with van der Waals surface area (Å²) in [5.74, 6) is -0.268. The number of amides is 1. The van der Waals surface area contributed by atoms with Gasteiger partial charge in [0, 0.05) is 17.3 Å². The Labute approximate surface area is 98.5 Å². The van der Waals surface area contributed by atoms with E-state index in [1.54, 1.807) is 0 Å². The van der Waals surface area contributed by atoms with Gasteiger partial charge >= 0.3 is 0 Å². The maximum atomic E-state index is 11.6. The van der Waals surface area contributed by atoms with Crippen LogP contribution in [0.2, 0.25) is 10.0 Å². The zero-order chi connectivity index (χ0) is 11.4. The summed E-state index contributed by atoms with van der Waals surface area (Å²) in [6.07, 6.45) is 0.858. The summed E-state index contributed by atoms with van der Waals surface area (Å²) in [5, 5.41) is 3.40. The smallest absolute Gasteiger partial charge is 0.254 e. The summed E-state index contributed by atoms with van der Waals surface area (Å²) >= 11 is 11.6. The van der Waals surface area contributed by atoms with Crippen molar-refractivity contribution in [3.05, 3.63) is 27.7 Å². The Morgan fingerprint density at radius 1 is 1.47 bits per heavy atom. The lowest BCUT2D eigenvalue weighted by Gasteiger charge is -2.08. The van der Waals surface area contributed by atoms with Gasteiger partial charge in [0.05, 0.1) is 10.6 Å². The Morgan fingerprint density at radius 2 is 2.13 bits per heavy atom. The van der Waals surface area contributed by atoms with Crippen LogP contribution in [0.25, 0.3) is 0 Å². The van der Waals surface area contributed by atoms with Crippen LogP contribution in [0.5, 0.6) is 0 Å². The number of hydrogen-bond donors (Lipinski definition) is 2. The average Bonchev–Trinajstić information content (AvgIpc) is 2.12. The summed E-state index contributed by atoms with van der Waals surface area (Å²) in [6.45, 7) is 2.56. The Kier molecular flexibility index (Phi) is 4.24. The molecule has 82 valence electrons. The summed E-state index contributed by atoms with van der Waals surface area (Å²) in [6, 6.07) is 3.01. The lowest BCUT2D eigenvalue weighted by Crippen LogP contribution is -2.25. The fourth-order valence-corrected chi connectivity index (χ4v) is 1.75. The van der Waals surface area contributed by atoms with E-state index in [-0.39, 0.29) is 16.5 Å². The standard InChI is InChI=1S/C10H12Cl2N2O/c1-2-3-14-10(15)9-7(12)4-6(11)5-8(9)13/h4-5H,2-3,13H2,1H3,(H,14,15). The SMILES string of the molecule is CCCNC(=O)c1c(N)cc(Cl)cc1Cl. The van der Waals surface area contributed by atoms with E-state index < -0.39 is 0 Å². The third-order valence-electron chi connectivity index (χ3n) is 1.85. The average molecular weight is 247 g/mol. The van der Waals surface area contributed by atoms with E-state index in [0.717, 1.165) is 6.42 Å². The van der Waals surface area contributed by atoms with Crippen LogP contribution in [-0.4, -0.2) is 12.5 Å². The molecule has 0 aliphatic heterocycles. The number of nitrogens with two attached hydrogens (primary N) is 1. The number of hydrogen-bond acceptors (Lipinski definition) is 2. The number of nitrogens with one attached hydrogen (secondary N) is 1. The summed E-state index contributed by atoms with van der Waals surface area (Å²) in [5.41, 5.74) is 6.24. The predicted octanol–water partition coefficient (Wildman–Crippen LogP) is 2.72. The molecule has 15 heavy (non-hydrogen) atoms. The van der Waals surface area contributed by atoms with Gasteiger partial charge in [0.15, 0.2) is 0 Å². The minimum atomic E-state index is -0.268. The number of halogens is 2. The molecule has 0 atom stereocenters. The van der Waals surface area contributed by atoms with Gasteiger partial charge in [-0.3, -0.25) is 4.79 Å². The van der Waals surface area contributed by atoms with Gasteiger partial charge in [0.25, 0.3) is 5.91 Å². The molecule has 0 bridgehead atoms. The fraction of sp³-hybridized carbons (Fsp3) is 0.300. The van der Waals surface area contributed by atoms with Gasteiger partial charge in [-0.25, -0.2) is 0 Å². The van der Waals surface area contributed by atoms with Crippen LogP contribution in [0, 0.1) is 0 Å². The van der Waals surface area contributed by atoms with Crippen molar-refractivity contribution in [3.63, 3.8) is 0 Å². The Hall–Kier alpha value is -0.930. The number of carbonyl (C=O) groups is 1. The van der Waals surface area contributed by atoms with Gasteiger partial charge in [-0.05, 0) is 18.6 Å². The summed E-state index contributed by atoms with van der Waals surface area (Å²) < 4.78 is 0. The molecule has 1 rings (SSSR count). The van der Waals surface area contributed by atoms with E-state index in [2.05, 4.69) is 5.32 Å². The molecule has 0 aliphatic carbocycles. The predicted molar refractivity (Wildman–Crippen MR) is 63.5 cm³/mol. The van der Waals surface area contributed by atoms with Crippen molar-refractivity contribution < 1.29 is 4.79 Å². The van der Waals surface area contributed by atoms with Gasteiger partial charge in [0.1, 0.15) is 0 Å².